The summed E-state index contributed by atoms with van der Waals surface area (Å²) in [5, 5.41) is 19.6. The highest BCUT2D eigenvalue weighted by Crippen LogP contribution is 2.52. The molecule has 0 atom stereocenters. The van der Waals surface area contributed by atoms with Crippen LogP contribution in [0.15, 0.2) is 54.2 Å². The van der Waals surface area contributed by atoms with Gasteiger partial charge >= 0.3 is 0 Å². The predicted molar refractivity (Wildman–Crippen MR) is 102 cm³/mol. The number of rotatable bonds is 0. The number of carbonyl (C=O) groups excluding carboxylic acids is 1. The number of hydrogen-bond donors (Lipinski definition) is 1. The van der Waals surface area contributed by atoms with Crippen molar-refractivity contribution in [3.8, 4) is 23.1 Å². The van der Waals surface area contributed by atoms with Crippen LogP contribution in [0.3, 0.4) is 0 Å². The minimum absolute atomic E-state index is 0.0694. The number of aromatic nitrogens is 1. The lowest BCUT2D eigenvalue weighted by Crippen LogP contribution is -2.01. The number of allylic oxidation sites excluding steroid dienone is 3. The number of halogens is 3. The molecular formula is C23H9F3N2O2. The van der Waals surface area contributed by atoms with Gasteiger partial charge in [0, 0.05) is 45.7 Å². The van der Waals surface area contributed by atoms with E-state index in [1.54, 1.807) is 30.3 Å². The number of benzene rings is 2. The molecule has 0 saturated heterocycles. The second-order valence-electron chi connectivity index (χ2n) is 6.77. The largest absolute Gasteiger partial charge is 0.507 e. The fourth-order valence-electron chi connectivity index (χ4n) is 4.09. The minimum atomic E-state index is -1.72. The maximum Gasteiger partial charge on any atom is 0.195 e. The fraction of sp³-hybridized carbons (Fsp3) is 0. The zero-order chi connectivity index (χ0) is 21.2. The van der Waals surface area contributed by atoms with Crippen LogP contribution in [-0.4, -0.2) is 15.9 Å². The third-order valence-electron chi connectivity index (χ3n) is 5.26. The molecule has 4 nitrogen and oxygen atoms in total. The predicted octanol–water partition coefficient (Wildman–Crippen LogP) is 4.79. The van der Waals surface area contributed by atoms with Gasteiger partial charge in [0.2, 0.25) is 0 Å². The van der Waals surface area contributed by atoms with Gasteiger partial charge in [-0.25, -0.2) is 13.2 Å². The quantitative estimate of drug-likeness (QED) is 0.261. The van der Waals surface area contributed by atoms with Crippen LogP contribution in [0.5, 0.6) is 5.75 Å². The van der Waals surface area contributed by atoms with Crippen molar-refractivity contribution in [3.05, 3.63) is 93.9 Å². The molecule has 0 aliphatic heterocycles. The van der Waals surface area contributed by atoms with Gasteiger partial charge in [-0.05, 0) is 23.8 Å². The van der Waals surface area contributed by atoms with E-state index >= 15 is 0 Å². The van der Waals surface area contributed by atoms with Gasteiger partial charge in [-0.15, -0.1) is 0 Å². The van der Waals surface area contributed by atoms with Crippen molar-refractivity contribution in [3.63, 3.8) is 0 Å². The van der Waals surface area contributed by atoms with Crippen LogP contribution in [0.2, 0.25) is 0 Å². The highest BCUT2D eigenvalue weighted by atomic mass is 19.2. The highest BCUT2D eigenvalue weighted by Gasteiger charge is 2.40. The molecule has 1 heterocycles. The monoisotopic (exact) mass is 402 g/mol. The summed E-state index contributed by atoms with van der Waals surface area (Å²) in [6, 6.07) is 10.4. The summed E-state index contributed by atoms with van der Waals surface area (Å²) in [4.78, 5) is 17.5. The third kappa shape index (κ3) is 2.16. The summed E-state index contributed by atoms with van der Waals surface area (Å²) in [5.41, 5.74) is 0.993. The number of nitriles is 1. The van der Waals surface area contributed by atoms with E-state index in [9.17, 15) is 28.3 Å². The molecule has 0 fully saturated rings. The smallest absolute Gasteiger partial charge is 0.195 e. The van der Waals surface area contributed by atoms with Gasteiger partial charge in [0.15, 0.2) is 23.2 Å². The third-order valence-corrected chi connectivity index (χ3v) is 5.26. The molecule has 0 spiro atoms. The molecule has 1 aromatic heterocycles. The Hall–Kier alpha value is -4.18. The van der Waals surface area contributed by atoms with E-state index in [-0.39, 0.29) is 22.5 Å². The van der Waals surface area contributed by atoms with Crippen LogP contribution in [0.1, 0.15) is 27.0 Å². The maximum atomic E-state index is 14.6. The molecular weight excluding hydrogens is 393 g/mol. The molecule has 2 aromatic carbocycles. The molecule has 3 aromatic rings. The van der Waals surface area contributed by atoms with Crippen LogP contribution < -0.4 is 0 Å². The Kier molecular flexibility index (Phi) is 3.67. The van der Waals surface area contributed by atoms with Gasteiger partial charge in [0.1, 0.15) is 5.75 Å². The fourth-order valence-corrected chi connectivity index (χ4v) is 4.09. The topological polar surface area (TPSA) is 74.0 Å². The molecule has 2 aliphatic rings. The number of pyridine rings is 1. The first-order valence-corrected chi connectivity index (χ1v) is 8.80. The van der Waals surface area contributed by atoms with Gasteiger partial charge < -0.3 is 5.11 Å². The van der Waals surface area contributed by atoms with Gasteiger partial charge in [0.25, 0.3) is 0 Å². The summed E-state index contributed by atoms with van der Waals surface area (Å²) in [6.07, 6.45) is 2.45. The van der Waals surface area contributed by atoms with E-state index in [2.05, 4.69) is 4.98 Å². The number of phenols is 1. The van der Waals surface area contributed by atoms with Gasteiger partial charge in [-0.3, -0.25) is 9.78 Å². The normalized spacial score (nSPS) is 17.7. The molecule has 0 saturated carbocycles. The molecule has 1 N–H and O–H groups in total. The number of aromatic hydroxyl groups is 1. The van der Waals surface area contributed by atoms with E-state index in [0.29, 0.717) is 34.0 Å². The molecule has 7 heteroatoms. The molecule has 0 amide bonds. The van der Waals surface area contributed by atoms with Crippen molar-refractivity contribution in [1.29, 1.82) is 5.26 Å². The summed E-state index contributed by atoms with van der Waals surface area (Å²) in [6.45, 7) is 0. The lowest BCUT2D eigenvalue weighted by molar-refractivity contribution is 0.104. The Morgan fingerprint density at radius 2 is 1.73 bits per heavy atom. The van der Waals surface area contributed by atoms with Gasteiger partial charge in [0.05, 0.1) is 17.3 Å². The van der Waals surface area contributed by atoms with Crippen LogP contribution >= 0.6 is 0 Å². The lowest BCUT2D eigenvalue weighted by atomic mass is 9.93. The number of fused-ring (bicyclic) bond motifs is 4. The van der Waals surface area contributed by atoms with E-state index in [4.69, 9.17) is 0 Å². The van der Waals surface area contributed by atoms with Gasteiger partial charge in [-0.2, -0.15) is 5.26 Å². The molecule has 0 unspecified atom stereocenters. The van der Waals surface area contributed by atoms with Crippen LogP contribution in [-0.2, 0) is 0 Å². The first-order chi connectivity index (χ1) is 14.5. The standard InChI is InChI=1S/C23H9F3N2O2/c24-14-9-13-17(21(26)20(14)25)11(6-7-27)19(23(13)30)16-10-3-1-5-15(29)18(10)22-12(16)4-2-8-28-22/h1-6,8-9,29H/b11-6?,19-16-. The second kappa shape index (κ2) is 6.16. The highest BCUT2D eigenvalue weighted by molar-refractivity contribution is 6.32. The molecule has 144 valence electrons. The van der Waals surface area contributed by atoms with Crippen molar-refractivity contribution < 1.29 is 23.1 Å². The Labute approximate surface area is 167 Å². The molecule has 2 aliphatic carbocycles. The van der Waals surface area contributed by atoms with Crippen molar-refractivity contribution in [2.75, 3.05) is 0 Å². The van der Waals surface area contributed by atoms with Crippen molar-refractivity contribution in [2.24, 2.45) is 0 Å². The van der Waals surface area contributed by atoms with Crippen LogP contribution in [0.25, 0.3) is 22.4 Å². The Balaban J connectivity index is 1.95. The molecule has 5 rings (SSSR count). The van der Waals surface area contributed by atoms with Crippen LogP contribution in [0.4, 0.5) is 13.2 Å². The van der Waals surface area contributed by atoms with Crippen molar-refractivity contribution in [1.82, 2.24) is 4.98 Å². The number of nitrogens with zero attached hydrogens (tertiary/aromatic N) is 2. The zero-order valence-corrected chi connectivity index (χ0v) is 15.0. The Bertz CT molecular complexity index is 1410. The Morgan fingerprint density at radius 3 is 2.50 bits per heavy atom. The van der Waals surface area contributed by atoms with Crippen molar-refractivity contribution in [2.45, 2.75) is 0 Å². The number of phenolic OH excluding ortho intramolecular Hbond substituents is 1. The number of ketones is 1. The SMILES string of the molecule is N#CC=C1/C(=C2/c3cccnc3-c3c(O)cccc32)C(=O)c2cc(F)c(F)c(F)c21. The van der Waals surface area contributed by atoms with E-state index in [1.165, 1.54) is 12.3 Å². The van der Waals surface area contributed by atoms with Crippen LogP contribution in [0, 0.1) is 28.8 Å². The molecule has 0 radical (unpaired) electrons. The summed E-state index contributed by atoms with van der Waals surface area (Å²) in [5.74, 6) is -5.56. The van der Waals surface area contributed by atoms with Gasteiger partial charge in [-0.1, -0.05) is 18.2 Å². The van der Waals surface area contributed by atoms with E-state index in [0.717, 1.165) is 6.08 Å². The molecule has 30 heavy (non-hydrogen) atoms. The summed E-state index contributed by atoms with van der Waals surface area (Å²) < 4.78 is 42.4. The average molecular weight is 402 g/mol. The number of carbonyl (C=O) groups is 1. The first kappa shape index (κ1) is 17.9. The van der Waals surface area contributed by atoms with E-state index < -0.39 is 28.8 Å². The average Bonchev–Trinajstić information content (AvgIpc) is 3.20. The summed E-state index contributed by atoms with van der Waals surface area (Å²) >= 11 is 0. The van der Waals surface area contributed by atoms with Crippen molar-refractivity contribution >= 4 is 16.9 Å². The van der Waals surface area contributed by atoms with E-state index in [1.807, 2.05) is 0 Å². The second-order valence-corrected chi connectivity index (χ2v) is 6.77. The number of hydrogen-bond acceptors (Lipinski definition) is 4. The zero-order valence-electron chi connectivity index (χ0n) is 15.0. The first-order valence-electron chi connectivity index (χ1n) is 8.80. The maximum absolute atomic E-state index is 14.6. The lowest BCUT2D eigenvalue weighted by Gasteiger charge is -2.09. The minimum Gasteiger partial charge on any atom is -0.507 e. The Morgan fingerprint density at radius 1 is 0.967 bits per heavy atom. The summed E-state index contributed by atoms with van der Waals surface area (Å²) in [7, 11) is 0. The number of Topliss-reactive ketones (excluding diaryl/α,β-unsaturated/α-hetero) is 1. The molecule has 0 bridgehead atoms.